The minimum absolute atomic E-state index is 0.0126. The Morgan fingerprint density at radius 1 is 1.44 bits per heavy atom. The highest BCUT2D eigenvalue weighted by Gasteiger charge is 2.23. The van der Waals surface area contributed by atoms with Crippen LogP contribution in [0.25, 0.3) is 5.78 Å². The van der Waals surface area contributed by atoms with Gasteiger partial charge in [-0.05, 0) is 0 Å². The Morgan fingerprint density at radius 3 is 2.50 bits per heavy atom. The van der Waals surface area contributed by atoms with Gasteiger partial charge in [-0.3, -0.25) is 4.57 Å². The summed E-state index contributed by atoms with van der Waals surface area (Å²) < 4.78 is 3.32. The summed E-state index contributed by atoms with van der Waals surface area (Å²) >= 11 is 0. The molecule has 0 fully saturated rings. The summed E-state index contributed by atoms with van der Waals surface area (Å²) in [6.07, 6.45) is 1.42. The van der Waals surface area contributed by atoms with Gasteiger partial charge in [0.05, 0.1) is 6.20 Å². The fraction of sp³-hybridized carbons (Fsp3) is 0.500. The first-order valence-electron chi connectivity index (χ1n) is 4.96. The third-order valence-electron chi connectivity index (χ3n) is 2.38. The average Bonchev–Trinajstić information content (AvgIpc) is 2.64. The van der Waals surface area contributed by atoms with Crippen LogP contribution in [0.5, 0.6) is 0 Å². The first-order valence-corrected chi connectivity index (χ1v) is 4.96. The van der Waals surface area contributed by atoms with Crippen molar-refractivity contribution in [1.82, 2.24) is 19.2 Å². The second-order valence-corrected chi connectivity index (χ2v) is 4.81. The molecule has 86 valence electrons. The number of rotatable bonds is 1. The van der Waals surface area contributed by atoms with Crippen molar-refractivity contribution in [3.05, 3.63) is 17.7 Å². The number of carboxylic acid groups (broad SMARTS) is 1. The van der Waals surface area contributed by atoms with Crippen LogP contribution >= 0.6 is 0 Å². The summed E-state index contributed by atoms with van der Waals surface area (Å²) in [5, 5.41) is 13.2. The van der Waals surface area contributed by atoms with Gasteiger partial charge in [0.1, 0.15) is 5.82 Å². The number of hydrogen-bond donors (Lipinski definition) is 1. The summed E-state index contributed by atoms with van der Waals surface area (Å²) in [7, 11) is 1.83. The van der Waals surface area contributed by atoms with Gasteiger partial charge >= 0.3 is 5.97 Å². The van der Waals surface area contributed by atoms with E-state index >= 15 is 0 Å². The molecule has 2 aromatic heterocycles. The molecule has 2 heterocycles. The van der Waals surface area contributed by atoms with Crippen LogP contribution in [-0.2, 0) is 12.5 Å². The zero-order chi connectivity index (χ0) is 12.1. The van der Waals surface area contributed by atoms with Crippen LogP contribution in [0.1, 0.15) is 37.1 Å². The Bertz CT molecular complexity index is 559. The van der Waals surface area contributed by atoms with Gasteiger partial charge in [0, 0.05) is 12.5 Å². The van der Waals surface area contributed by atoms with E-state index in [-0.39, 0.29) is 11.1 Å². The lowest BCUT2D eigenvalue weighted by Gasteiger charge is -2.16. The monoisotopic (exact) mass is 222 g/mol. The second kappa shape index (κ2) is 3.07. The molecule has 16 heavy (non-hydrogen) atoms. The van der Waals surface area contributed by atoms with Crippen molar-refractivity contribution in [2.75, 3.05) is 0 Å². The van der Waals surface area contributed by atoms with E-state index in [2.05, 4.69) is 10.1 Å². The highest BCUT2D eigenvalue weighted by atomic mass is 16.4. The van der Waals surface area contributed by atoms with Gasteiger partial charge in [-0.15, -0.1) is 0 Å². The van der Waals surface area contributed by atoms with Crippen LogP contribution in [-0.4, -0.2) is 30.2 Å². The number of imidazole rings is 1. The molecule has 0 radical (unpaired) electrons. The van der Waals surface area contributed by atoms with E-state index in [1.54, 1.807) is 0 Å². The molecule has 0 aromatic carbocycles. The lowest BCUT2D eigenvalue weighted by molar-refractivity contribution is 0.0691. The van der Waals surface area contributed by atoms with Crippen molar-refractivity contribution in [3.63, 3.8) is 0 Å². The van der Waals surface area contributed by atoms with Gasteiger partial charge in [-0.1, -0.05) is 20.8 Å². The maximum atomic E-state index is 10.7. The van der Waals surface area contributed by atoms with Crippen LogP contribution in [0.15, 0.2) is 6.20 Å². The minimum Gasteiger partial charge on any atom is -0.476 e. The van der Waals surface area contributed by atoms with Crippen LogP contribution in [0.4, 0.5) is 0 Å². The second-order valence-electron chi connectivity index (χ2n) is 4.81. The van der Waals surface area contributed by atoms with E-state index < -0.39 is 5.97 Å². The SMILES string of the molecule is Cn1c(C(C)(C)C)nn2cc(C(=O)O)nc12. The topological polar surface area (TPSA) is 72.4 Å². The molecule has 0 aliphatic rings. The number of aromatic carboxylic acids is 1. The normalized spacial score (nSPS) is 12.2. The van der Waals surface area contributed by atoms with E-state index in [1.807, 2.05) is 32.4 Å². The van der Waals surface area contributed by atoms with Gasteiger partial charge in [0.15, 0.2) is 5.69 Å². The molecule has 0 spiro atoms. The van der Waals surface area contributed by atoms with Gasteiger partial charge in [0.2, 0.25) is 5.78 Å². The predicted molar refractivity (Wildman–Crippen MR) is 57.6 cm³/mol. The Morgan fingerprint density at radius 2 is 2.06 bits per heavy atom. The highest BCUT2D eigenvalue weighted by molar-refractivity contribution is 5.85. The maximum Gasteiger partial charge on any atom is 0.356 e. The van der Waals surface area contributed by atoms with Crippen LogP contribution < -0.4 is 0 Å². The van der Waals surface area contributed by atoms with Crippen molar-refractivity contribution < 1.29 is 9.90 Å². The molecular weight excluding hydrogens is 208 g/mol. The van der Waals surface area contributed by atoms with Crippen molar-refractivity contribution in [1.29, 1.82) is 0 Å². The molecule has 2 aromatic rings. The summed E-state index contributed by atoms with van der Waals surface area (Å²) in [6.45, 7) is 6.15. The van der Waals surface area contributed by atoms with Gasteiger partial charge in [-0.25, -0.2) is 14.3 Å². The molecule has 0 atom stereocenters. The molecule has 0 saturated heterocycles. The number of aryl methyl sites for hydroxylation is 1. The number of nitrogens with zero attached hydrogens (tertiary/aromatic N) is 4. The van der Waals surface area contributed by atoms with Crippen LogP contribution in [0, 0.1) is 0 Å². The molecule has 1 N–H and O–H groups in total. The van der Waals surface area contributed by atoms with Gasteiger partial charge in [0.25, 0.3) is 0 Å². The highest BCUT2D eigenvalue weighted by Crippen LogP contribution is 2.21. The minimum atomic E-state index is -1.04. The standard InChI is InChI=1S/C10H14N4O2/c1-10(2,3)8-12-14-5-6(7(15)16)11-9(14)13(8)4/h5H,1-4H3,(H,15,16). The van der Waals surface area contributed by atoms with Crippen molar-refractivity contribution in [2.45, 2.75) is 26.2 Å². The number of carboxylic acids is 1. The maximum absolute atomic E-state index is 10.7. The molecule has 6 nitrogen and oxygen atoms in total. The fourth-order valence-electron chi connectivity index (χ4n) is 1.68. The molecule has 0 saturated carbocycles. The Kier molecular flexibility index (Phi) is 2.04. The molecule has 0 aliphatic heterocycles. The Balaban J connectivity index is 2.64. The Labute approximate surface area is 92.5 Å². The van der Waals surface area contributed by atoms with E-state index in [0.29, 0.717) is 5.78 Å². The van der Waals surface area contributed by atoms with E-state index in [0.717, 1.165) is 5.82 Å². The van der Waals surface area contributed by atoms with Crippen LogP contribution in [0.2, 0.25) is 0 Å². The smallest absolute Gasteiger partial charge is 0.356 e. The third kappa shape index (κ3) is 1.46. The van der Waals surface area contributed by atoms with Crippen molar-refractivity contribution in [2.24, 2.45) is 7.05 Å². The Hall–Kier alpha value is -1.85. The summed E-state index contributed by atoms with van der Waals surface area (Å²) in [5.74, 6) is 0.372. The zero-order valence-electron chi connectivity index (χ0n) is 9.72. The number of hydrogen-bond acceptors (Lipinski definition) is 3. The molecule has 0 unspecified atom stereocenters. The molecule has 0 bridgehead atoms. The van der Waals surface area contributed by atoms with Crippen molar-refractivity contribution in [3.8, 4) is 0 Å². The fourth-order valence-corrected chi connectivity index (χ4v) is 1.68. The third-order valence-corrected chi connectivity index (χ3v) is 2.38. The molecule has 0 amide bonds. The molecule has 6 heteroatoms. The first kappa shape index (κ1) is 10.7. The van der Waals surface area contributed by atoms with Crippen LogP contribution in [0.3, 0.4) is 0 Å². The largest absolute Gasteiger partial charge is 0.476 e. The van der Waals surface area contributed by atoms with Gasteiger partial charge < -0.3 is 5.11 Å². The quantitative estimate of drug-likeness (QED) is 0.783. The predicted octanol–water partition coefficient (Wildman–Crippen LogP) is 1.06. The van der Waals surface area contributed by atoms with E-state index in [4.69, 9.17) is 5.11 Å². The summed E-state index contributed by atoms with van der Waals surface area (Å²) in [5.41, 5.74) is -0.0858. The van der Waals surface area contributed by atoms with Crippen molar-refractivity contribution >= 4 is 11.7 Å². The van der Waals surface area contributed by atoms with E-state index in [1.165, 1.54) is 10.7 Å². The zero-order valence-corrected chi connectivity index (χ0v) is 9.72. The summed E-state index contributed by atoms with van der Waals surface area (Å²) in [4.78, 5) is 14.8. The summed E-state index contributed by atoms with van der Waals surface area (Å²) in [6, 6.07) is 0. The lowest BCUT2D eigenvalue weighted by atomic mass is 9.96. The molecular formula is C10H14N4O2. The average molecular weight is 222 g/mol. The number of carbonyl (C=O) groups is 1. The lowest BCUT2D eigenvalue weighted by Crippen LogP contribution is -2.17. The molecule has 2 rings (SSSR count). The first-order chi connectivity index (χ1) is 7.30. The van der Waals surface area contributed by atoms with E-state index in [9.17, 15) is 4.79 Å². The van der Waals surface area contributed by atoms with Gasteiger partial charge in [-0.2, -0.15) is 5.10 Å². The number of fused-ring (bicyclic) bond motifs is 1. The number of aromatic nitrogens is 4. The molecule has 0 aliphatic carbocycles.